The molecule has 1 amide bonds. The highest BCUT2D eigenvalue weighted by atomic mass is 35.5. The number of ether oxygens (including phenoxy) is 1. The van der Waals surface area contributed by atoms with Gasteiger partial charge in [0, 0.05) is 18.5 Å². The third-order valence-corrected chi connectivity index (χ3v) is 5.89. The lowest BCUT2D eigenvalue weighted by Gasteiger charge is -2.10. The molecule has 27 heavy (non-hydrogen) atoms. The Labute approximate surface area is 163 Å². The summed E-state index contributed by atoms with van der Waals surface area (Å²) in [6.45, 7) is 1.99. The van der Waals surface area contributed by atoms with Crippen LogP contribution in [0, 0.1) is 0 Å². The van der Waals surface area contributed by atoms with E-state index in [-0.39, 0.29) is 22.6 Å². The number of halogens is 1. The molecule has 2 aromatic rings. The number of hydrogen-bond acceptors (Lipinski definition) is 4. The normalized spacial score (nSPS) is 15.9. The zero-order valence-electron chi connectivity index (χ0n) is 14.9. The van der Waals surface area contributed by atoms with Gasteiger partial charge in [0.1, 0.15) is 11.9 Å². The zero-order chi connectivity index (χ0) is 19.4. The van der Waals surface area contributed by atoms with Crippen molar-refractivity contribution in [2.45, 2.75) is 30.8 Å². The topological polar surface area (TPSA) is 84.5 Å². The summed E-state index contributed by atoms with van der Waals surface area (Å²) in [5, 5.41) is 2.96. The van der Waals surface area contributed by atoms with Gasteiger partial charge in [0.05, 0.1) is 16.5 Å². The van der Waals surface area contributed by atoms with Crippen LogP contribution in [-0.4, -0.2) is 33.5 Å². The summed E-state index contributed by atoms with van der Waals surface area (Å²) in [6.07, 6.45) is 1.23. The van der Waals surface area contributed by atoms with E-state index in [4.69, 9.17) is 16.3 Å². The lowest BCUT2D eigenvalue weighted by Crippen LogP contribution is -2.37. The maximum Gasteiger partial charge on any atom is 0.241 e. The van der Waals surface area contributed by atoms with Gasteiger partial charge in [-0.05, 0) is 31.0 Å². The second-order valence-electron chi connectivity index (χ2n) is 6.44. The summed E-state index contributed by atoms with van der Waals surface area (Å²) < 4.78 is 32.8. The summed E-state index contributed by atoms with van der Waals surface area (Å²) in [5.41, 5.74) is 1.85. The minimum absolute atomic E-state index is 0.0287. The molecule has 3 rings (SSSR count). The number of carbonyl (C=O) groups is 1. The van der Waals surface area contributed by atoms with Crippen molar-refractivity contribution in [2.24, 2.45) is 0 Å². The van der Waals surface area contributed by atoms with Crippen LogP contribution >= 0.6 is 11.6 Å². The van der Waals surface area contributed by atoms with E-state index >= 15 is 0 Å². The van der Waals surface area contributed by atoms with E-state index in [1.165, 1.54) is 6.07 Å². The Morgan fingerprint density at radius 1 is 1.26 bits per heavy atom. The molecule has 2 N–H and O–H groups in total. The molecule has 1 aliphatic rings. The van der Waals surface area contributed by atoms with Crippen molar-refractivity contribution in [2.75, 3.05) is 13.1 Å². The third-order valence-electron chi connectivity index (χ3n) is 4.23. The van der Waals surface area contributed by atoms with Gasteiger partial charge in [0.15, 0.2) is 0 Å². The standard InChI is InChI=1S/C19H21ClN2O4S/c1-13-9-15-10-16(11-17(20)19(15)26-13)27(24,25)22-12-18(23)21-8-7-14-5-3-2-4-6-14/h2-6,10-11,13,22H,7-9,12H2,1H3,(H,21,23). The summed E-state index contributed by atoms with van der Waals surface area (Å²) in [4.78, 5) is 12.0. The van der Waals surface area contributed by atoms with Gasteiger partial charge >= 0.3 is 0 Å². The van der Waals surface area contributed by atoms with Gasteiger partial charge < -0.3 is 10.1 Å². The molecular weight excluding hydrogens is 388 g/mol. The maximum absolute atomic E-state index is 12.5. The first-order valence-electron chi connectivity index (χ1n) is 8.64. The highest BCUT2D eigenvalue weighted by Gasteiger charge is 2.26. The number of sulfonamides is 1. The monoisotopic (exact) mass is 408 g/mol. The number of benzene rings is 2. The Kier molecular flexibility index (Phi) is 6.04. The predicted octanol–water partition coefficient (Wildman–Crippen LogP) is 2.30. The third kappa shape index (κ3) is 5.00. The van der Waals surface area contributed by atoms with Crippen LogP contribution < -0.4 is 14.8 Å². The zero-order valence-corrected chi connectivity index (χ0v) is 16.4. The summed E-state index contributed by atoms with van der Waals surface area (Å²) in [7, 11) is -3.84. The van der Waals surface area contributed by atoms with E-state index in [0.29, 0.717) is 25.1 Å². The lowest BCUT2D eigenvalue weighted by molar-refractivity contribution is -0.119. The van der Waals surface area contributed by atoms with Gasteiger partial charge in [0.2, 0.25) is 15.9 Å². The van der Waals surface area contributed by atoms with Crippen molar-refractivity contribution in [1.29, 1.82) is 0 Å². The second-order valence-corrected chi connectivity index (χ2v) is 8.61. The van der Waals surface area contributed by atoms with Crippen LogP contribution in [0.2, 0.25) is 5.02 Å². The van der Waals surface area contributed by atoms with Gasteiger partial charge in [-0.25, -0.2) is 13.1 Å². The van der Waals surface area contributed by atoms with Crippen molar-refractivity contribution in [3.8, 4) is 5.75 Å². The number of hydrogen-bond donors (Lipinski definition) is 2. The fourth-order valence-electron chi connectivity index (χ4n) is 2.91. The van der Waals surface area contributed by atoms with Crippen molar-refractivity contribution in [1.82, 2.24) is 10.0 Å². The van der Waals surface area contributed by atoms with E-state index in [9.17, 15) is 13.2 Å². The van der Waals surface area contributed by atoms with Gasteiger partial charge in [-0.1, -0.05) is 41.9 Å². The molecule has 8 heteroatoms. The second kappa shape index (κ2) is 8.29. The Hall–Kier alpha value is -2.09. The average Bonchev–Trinajstić information content (AvgIpc) is 3.02. The van der Waals surface area contributed by atoms with Crippen molar-refractivity contribution < 1.29 is 17.9 Å². The first kappa shape index (κ1) is 19.7. The molecule has 0 bridgehead atoms. The van der Waals surface area contributed by atoms with Crippen LogP contribution in [0.25, 0.3) is 0 Å². The molecule has 0 fully saturated rings. The Balaban J connectivity index is 1.55. The first-order chi connectivity index (χ1) is 12.8. The van der Waals surface area contributed by atoms with Crippen LogP contribution in [-0.2, 0) is 27.7 Å². The largest absolute Gasteiger partial charge is 0.489 e. The van der Waals surface area contributed by atoms with Crippen LogP contribution in [0.4, 0.5) is 0 Å². The minimum Gasteiger partial charge on any atom is -0.489 e. The summed E-state index contributed by atoms with van der Waals surface area (Å²) >= 11 is 6.14. The number of nitrogens with one attached hydrogen (secondary N) is 2. The fraction of sp³-hybridized carbons (Fsp3) is 0.316. The highest BCUT2D eigenvalue weighted by Crippen LogP contribution is 2.37. The van der Waals surface area contributed by atoms with Crippen LogP contribution in [0.3, 0.4) is 0 Å². The molecule has 144 valence electrons. The molecule has 0 radical (unpaired) electrons. The number of carbonyl (C=O) groups excluding carboxylic acids is 1. The maximum atomic E-state index is 12.5. The Morgan fingerprint density at radius 2 is 2.00 bits per heavy atom. The SMILES string of the molecule is CC1Cc2cc(S(=O)(=O)NCC(=O)NCCc3ccccc3)cc(Cl)c2O1. The van der Waals surface area contributed by atoms with E-state index in [1.54, 1.807) is 6.07 Å². The molecule has 0 aliphatic carbocycles. The van der Waals surface area contributed by atoms with Gasteiger partial charge in [-0.2, -0.15) is 0 Å². The number of fused-ring (bicyclic) bond motifs is 1. The van der Waals surface area contributed by atoms with Crippen molar-refractivity contribution >= 4 is 27.5 Å². The highest BCUT2D eigenvalue weighted by molar-refractivity contribution is 7.89. The van der Waals surface area contributed by atoms with E-state index < -0.39 is 15.9 Å². The van der Waals surface area contributed by atoms with E-state index in [2.05, 4.69) is 10.0 Å². The molecule has 0 saturated heterocycles. The van der Waals surface area contributed by atoms with Crippen molar-refractivity contribution in [3.05, 3.63) is 58.6 Å². The average molecular weight is 409 g/mol. The molecule has 0 saturated carbocycles. The molecular formula is C19H21ClN2O4S. The Bertz CT molecular complexity index is 932. The quantitative estimate of drug-likeness (QED) is 0.736. The molecule has 1 heterocycles. The predicted molar refractivity (Wildman–Crippen MR) is 104 cm³/mol. The fourth-order valence-corrected chi connectivity index (χ4v) is 4.32. The summed E-state index contributed by atoms with van der Waals surface area (Å²) in [6, 6.07) is 12.6. The number of rotatable bonds is 7. The first-order valence-corrected chi connectivity index (χ1v) is 10.5. The van der Waals surface area contributed by atoms with Gasteiger partial charge in [-0.3, -0.25) is 4.79 Å². The van der Waals surface area contributed by atoms with E-state index in [1.807, 2.05) is 37.3 Å². The van der Waals surface area contributed by atoms with Gasteiger partial charge in [0.25, 0.3) is 0 Å². The van der Waals surface area contributed by atoms with Crippen LogP contribution in [0.1, 0.15) is 18.1 Å². The molecule has 6 nitrogen and oxygen atoms in total. The minimum atomic E-state index is -3.84. The molecule has 0 spiro atoms. The molecule has 2 aromatic carbocycles. The summed E-state index contributed by atoms with van der Waals surface area (Å²) in [5.74, 6) is 0.139. The Morgan fingerprint density at radius 3 is 2.74 bits per heavy atom. The molecule has 0 aromatic heterocycles. The lowest BCUT2D eigenvalue weighted by atomic mass is 10.1. The van der Waals surface area contributed by atoms with Crippen LogP contribution in [0.5, 0.6) is 5.75 Å². The number of amides is 1. The van der Waals surface area contributed by atoms with Crippen molar-refractivity contribution in [3.63, 3.8) is 0 Å². The smallest absolute Gasteiger partial charge is 0.241 e. The molecule has 1 aliphatic heterocycles. The molecule has 1 atom stereocenters. The van der Waals surface area contributed by atoms with E-state index in [0.717, 1.165) is 11.1 Å². The molecule has 1 unspecified atom stereocenters. The van der Waals surface area contributed by atoms with Crippen LogP contribution in [0.15, 0.2) is 47.4 Å². The van der Waals surface area contributed by atoms with Gasteiger partial charge in [-0.15, -0.1) is 0 Å².